The lowest BCUT2D eigenvalue weighted by atomic mass is 9.90. The predicted molar refractivity (Wildman–Crippen MR) is 90.8 cm³/mol. The summed E-state index contributed by atoms with van der Waals surface area (Å²) in [4.78, 5) is 14.5. The van der Waals surface area contributed by atoms with Crippen molar-refractivity contribution in [2.45, 2.75) is 31.6 Å². The maximum Gasteiger partial charge on any atom is 0.264 e. The Morgan fingerprint density at radius 1 is 1.17 bits per heavy atom. The Hall–Kier alpha value is -2.37. The maximum atomic E-state index is 12.9. The van der Waals surface area contributed by atoms with Crippen LogP contribution in [0.15, 0.2) is 48.5 Å². The molecule has 1 amide bonds. The second-order valence-electron chi connectivity index (χ2n) is 6.17. The molecular weight excluding hydrogens is 306 g/mol. The number of hydrogen-bond donors (Lipinski definition) is 2. The van der Waals surface area contributed by atoms with Crippen LogP contribution in [0, 0.1) is 0 Å². The van der Waals surface area contributed by atoms with Gasteiger partial charge in [0.1, 0.15) is 5.75 Å². The number of rotatable bonds is 5. The number of methoxy groups -OCH3 is 1. The Morgan fingerprint density at radius 2 is 1.83 bits per heavy atom. The molecule has 0 saturated heterocycles. The average Bonchev–Trinajstić information content (AvgIpc) is 2.77. The van der Waals surface area contributed by atoms with Gasteiger partial charge in [0, 0.05) is 12.0 Å². The van der Waals surface area contributed by atoms with Gasteiger partial charge >= 0.3 is 0 Å². The molecule has 1 heterocycles. The highest BCUT2D eigenvalue weighted by molar-refractivity contribution is 6.06. The van der Waals surface area contributed by atoms with E-state index in [-0.39, 0.29) is 6.42 Å². The Balaban J connectivity index is 1.95. The van der Waals surface area contributed by atoms with Crippen LogP contribution in [0.5, 0.6) is 5.75 Å². The fourth-order valence-electron chi connectivity index (χ4n) is 3.20. The van der Waals surface area contributed by atoms with Gasteiger partial charge in [0.25, 0.3) is 5.91 Å². The van der Waals surface area contributed by atoms with Gasteiger partial charge in [0.2, 0.25) is 0 Å². The summed E-state index contributed by atoms with van der Waals surface area (Å²) in [5.41, 5.74) is 0.475. The minimum absolute atomic E-state index is 0.0258. The number of nitrogens with zero attached hydrogens (tertiary/aromatic N) is 1. The SMILES string of the molecule is COc1ccc(CN2C(=O)[C@](O)(C[C@H](C)O)c3ccccc32)cc1. The van der Waals surface area contributed by atoms with Crippen molar-refractivity contribution in [3.63, 3.8) is 0 Å². The largest absolute Gasteiger partial charge is 0.497 e. The summed E-state index contributed by atoms with van der Waals surface area (Å²) in [5.74, 6) is 0.345. The van der Waals surface area contributed by atoms with Gasteiger partial charge in [-0.3, -0.25) is 4.79 Å². The zero-order valence-electron chi connectivity index (χ0n) is 13.8. The lowest BCUT2D eigenvalue weighted by molar-refractivity contribution is -0.139. The molecule has 0 aliphatic carbocycles. The standard InChI is InChI=1S/C19H21NO4/c1-13(21)11-19(23)16-5-3-4-6-17(16)20(18(19)22)12-14-7-9-15(24-2)10-8-14/h3-10,13,21,23H,11-12H2,1-2H3/t13-,19-/m0/s1. The first-order valence-electron chi connectivity index (χ1n) is 7.90. The van der Waals surface area contributed by atoms with Gasteiger partial charge in [-0.25, -0.2) is 0 Å². The first-order chi connectivity index (χ1) is 11.5. The summed E-state index contributed by atoms with van der Waals surface area (Å²) in [7, 11) is 1.60. The van der Waals surface area contributed by atoms with E-state index in [0.717, 1.165) is 11.3 Å². The normalized spacial score (nSPS) is 20.8. The van der Waals surface area contributed by atoms with E-state index in [2.05, 4.69) is 0 Å². The van der Waals surface area contributed by atoms with Crippen LogP contribution in [-0.2, 0) is 16.9 Å². The number of benzene rings is 2. The molecule has 2 aromatic rings. The highest BCUT2D eigenvalue weighted by Gasteiger charge is 2.49. The third kappa shape index (κ3) is 2.77. The molecule has 0 unspecified atom stereocenters. The Labute approximate surface area is 141 Å². The topological polar surface area (TPSA) is 70.0 Å². The lowest BCUT2D eigenvalue weighted by Crippen LogP contribution is -2.41. The maximum absolute atomic E-state index is 12.9. The van der Waals surface area contributed by atoms with Gasteiger partial charge in [-0.1, -0.05) is 30.3 Å². The Morgan fingerprint density at radius 3 is 2.46 bits per heavy atom. The molecule has 1 aliphatic rings. The van der Waals surface area contributed by atoms with Gasteiger partial charge in [0.15, 0.2) is 5.60 Å². The summed E-state index contributed by atoms with van der Waals surface area (Å²) in [6.07, 6.45) is -0.810. The fourth-order valence-corrected chi connectivity index (χ4v) is 3.20. The molecule has 1 aliphatic heterocycles. The van der Waals surface area contributed by atoms with Crippen molar-refractivity contribution in [3.8, 4) is 5.75 Å². The molecule has 0 bridgehead atoms. The first kappa shape index (κ1) is 16.5. The minimum atomic E-state index is -1.68. The van der Waals surface area contributed by atoms with Gasteiger partial charge in [0.05, 0.1) is 25.4 Å². The number of amides is 1. The van der Waals surface area contributed by atoms with Crippen molar-refractivity contribution in [1.82, 2.24) is 0 Å². The minimum Gasteiger partial charge on any atom is -0.497 e. The summed E-state index contributed by atoms with van der Waals surface area (Å²) >= 11 is 0. The van der Waals surface area contributed by atoms with Gasteiger partial charge in [-0.15, -0.1) is 0 Å². The number of aliphatic hydroxyl groups is 2. The van der Waals surface area contributed by atoms with Crippen LogP contribution in [0.2, 0.25) is 0 Å². The molecule has 2 N–H and O–H groups in total. The zero-order chi connectivity index (χ0) is 17.3. The molecule has 0 saturated carbocycles. The van der Waals surface area contributed by atoms with Gasteiger partial charge in [-0.05, 0) is 30.7 Å². The van der Waals surface area contributed by atoms with E-state index in [9.17, 15) is 15.0 Å². The van der Waals surface area contributed by atoms with Gasteiger partial charge < -0.3 is 19.8 Å². The molecule has 0 aromatic heterocycles. The van der Waals surface area contributed by atoms with Crippen LogP contribution < -0.4 is 9.64 Å². The number of aliphatic hydroxyl groups excluding tert-OH is 1. The molecule has 24 heavy (non-hydrogen) atoms. The van der Waals surface area contributed by atoms with Gasteiger partial charge in [-0.2, -0.15) is 0 Å². The molecule has 126 valence electrons. The van der Waals surface area contributed by atoms with E-state index in [1.807, 2.05) is 36.4 Å². The van der Waals surface area contributed by atoms with E-state index in [1.54, 1.807) is 31.1 Å². The highest BCUT2D eigenvalue weighted by Crippen LogP contribution is 2.43. The zero-order valence-corrected chi connectivity index (χ0v) is 13.8. The number of anilines is 1. The van der Waals surface area contributed by atoms with E-state index < -0.39 is 17.6 Å². The predicted octanol–water partition coefficient (Wildman–Crippen LogP) is 2.20. The number of carbonyl (C=O) groups excluding carboxylic acids is 1. The second-order valence-corrected chi connectivity index (χ2v) is 6.17. The van der Waals surface area contributed by atoms with Crippen LogP contribution in [0.4, 0.5) is 5.69 Å². The van der Waals surface area contributed by atoms with Crippen LogP contribution in [0.25, 0.3) is 0 Å². The van der Waals surface area contributed by atoms with E-state index >= 15 is 0 Å². The van der Waals surface area contributed by atoms with Crippen molar-refractivity contribution in [1.29, 1.82) is 0 Å². The molecule has 3 rings (SSSR count). The van der Waals surface area contributed by atoms with Crippen LogP contribution in [0.3, 0.4) is 0 Å². The van der Waals surface area contributed by atoms with Crippen molar-refractivity contribution in [2.75, 3.05) is 12.0 Å². The summed E-state index contributed by atoms with van der Waals surface area (Å²) in [6, 6.07) is 14.6. The number of carbonyl (C=O) groups is 1. The molecule has 0 spiro atoms. The first-order valence-corrected chi connectivity index (χ1v) is 7.90. The second kappa shape index (κ2) is 6.26. The van der Waals surface area contributed by atoms with Crippen molar-refractivity contribution < 1.29 is 19.7 Å². The molecular formula is C19H21NO4. The average molecular weight is 327 g/mol. The third-order valence-corrected chi connectivity index (χ3v) is 4.33. The number of ether oxygens (including phenoxy) is 1. The van der Waals surface area contributed by atoms with Crippen LogP contribution >= 0.6 is 0 Å². The number of fused-ring (bicyclic) bond motifs is 1. The quantitative estimate of drug-likeness (QED) is 0.883. The highest BCUT2D eigenvalue weighted by atomic mass is 16.5. The van der Waals surface area contributed by atoms with Crippen molar-refractivity contribution >= 4 is 11.6 Å². The van der Waals surface area contributed by atoms with E-state index in [4.69, 9.17) is 4.74 Å². The summed E-state index contributed by atoms with van der Waals surface area (Å²) < 4.78 is 5.15. The van der Waals surface area contributed by atoms with E-state index in [0.29, 0.717) is 17.8 Å². The molecule has 0 fully saturated rings. The smallest absolute Gasteiger partial charge is 0.264 e. The van der Waals surface area contributed by atoms with E-state index in [1.165, 1.54) is 0 Å². The number of para-hydroxylation sites is 1. The van der Waals surface area contributed by atoms with Crippen molar-refractivity contribution in [3.05, 3.63) is 59.7 Å². The summed E-state index contributed by atoms with van der Waals surface area (Å²) in [5, 5.41) is 20.7. The third-order valence-electron chi connectivity index (χ3n) is 4.33. The Kier molecular flexibility index (Phi) is 4.30. The Bertz CT molecular complexity index is 741. The van der Waals surface area contributed by atoms with Crippen LogP contribution in [-0.4, -0.2) is 29.3 Å². The fraction of sp³-hybridized carbons (Fsp3) is 0.316. The number of hydrogen-bond acceptors (Lipinski definition) is 4. The monoisotopic (exact) mass is 327 g/mol. The lowest BCUT2D eigenvalue weighted by Gasteiger charge is -2.24. The summed E-state index contributed by atoms with van der Waals surface area (Å²) in [6.45, 7) is 1.92. The molecule has 2 atom stereocenters. The van der Waals surface area contributed by atoms with Crippen molar-refractivity contribution in [2.24, 2.45) is 0 Å². The molecule has 0 radical (unpaired) electrons. The molecule has 5 heteroatoms. The molecule has 2 aromatic carbocycles. The molecule has 5 nitrogen and oxygen atoms in total. The van der Waals surface area contributed by atoms with Crippen LogP contribution in [0.1, 0.15) is 24.5 Å².